The van der Waals surface area contributed by atoms with Crippen LogP contribution in [0.25, 0.3) is 5.69 Å². The standard InChI is InChI=1S/C25H29F3N4O3/c26-25(27,28)23-20(16-32(30-23)19-5-2-1-3-6-19)24(35)29-12-4-7-22(34)31-13-10-17(11-14-31)15-21(33)18-8-9-18/h1-3,5-6,16-18H,4,7-15H2,(H,29,35). The number of amides is 2. The van der Waals surface area contributed by atoms with Gasteiger partial charge in [0.25, 0.3) is 5.91 Å². The number of nitrogens with zero attached hydrogens (tertiary/aromatic N) is 3. The van der Waals surface area contributed by atoms with Gasteiger partial charge in [0.2, 0.25) is 5.91 Å². The van der Waals surface area contributed by atoms with Gasteiger partial charge < -0.3 is 10.2 Å². The number of hydrogen-bond acceptors (Lipinski definition) is 4. The van der Waals surface area contributed by atoms with E-state index in [1.807, 2.05) is 0 Å². The summed E-state index contributed by atoms with van der Waals surface area (Å²) in [6.45, 7) is 1.30. The Balaban J connectivity index is 1.24. The van der Waals surface area contributed by atoms with Gasteiger partial charge in [0, 0.05) is 44.6 Å². The Hall–Kier alpha value is -3.17. The highest BCUT2D eigenvalue weighted by Gasteiger charge is 2.39. The van der Waals surface area contributed by atoms with Gasteiger partial charge in [-0.2, -0.15) is 18.3 Å². The highest BCUT2D eigenvalue weighted by atomic mass is 19.4. The Kier molecular flexibility index (Phi) is 7.57. The molecule has 1 saturated carbocycles. The number of carbonyl (C=O) groups excluding carboxylic acids is 3. The van der Waals surface area contributed by atoms with E-state index in [2.05, 4.69) is 10.4 Å². The summed E-state index contributed by atoms with van der Waals surface area (Å²) in [4.78, 5) is 38.7. The van der Waals surface area contributed by atoms with Crippen LogP contribution < -0.4 is 5.32 Å². The second-order valence-corrected chi connectivity index (χ2v) is 9.30. The van der Waals surface area contributed by atoms with E-state index in [0.717, 1.165) is 36.6 Å². The van der Waals surface area contributed by atoms with Crippen molar-refractivity contribution in [3.63, 3.8) is 0 Å². The highest BCUT2D eigenvalue weighted by molar-refractivity contribution is 5.95. The van der Waals surface area contributed by atoms with Crippen molar-refractivity contribution in [3.8, 4) is 5.69 Å². The Morgan fingerprint density at radius 3 is 2.34 bits per heavy atom. The van der Waals surface area contributed by atoms with Gasteiger partial charge in [0.05, 0.1) is 11.3 Å². The summed E-state index contributed by atoms with van der Waals surface area (Å²) in [5.41, 5.74) is -1.41. The summed E-state index contributed by atoms with van der Waals surface area (Å²) in [7, 11) is 0. The predicted molar refractivity (Wildman–Crippen MR) is 122 cm³/mol. The first-order valence-corrected chi connectivity index (χ1v) is 12.0. The molecule has 1 aromatic heterocycles. The first-order chi connectivity index (χ1) is 16.7. The second kappa shape index (κ2) is 10.6. The highest BCUT2D eigenvalue weighted by Crippen LogP contribution is 2.34. The van der Waals surface area contributed by atoms with Crippen molar-refractivity contribution >= 4 is 17.6 Å². The topological polar surface area (TPSA) is 84.3 Å². The number of likely N-dealkylation sites (tertiary alicyclic amines) is 1. The number of ketones is 1. The first kappa shape index (κ1) is 24.9. The fraction of sp³-hybridized carbons (Fsp3) is 0.520. The fourth-order valence-corrected chi connectivity index (χ4v) is 4.40. The van der Waals surface area contributed by atoms with Gasteiger partial charge in [-0.3, -0.25) is 14.4 Å². The van der Waals surface area contributed by atoms with Crippen LogP contribution in [0.1, 0.15) is 61.0 Å². The third-order valence-electron chi connectivity index (χ3n) is 6.59. The molecular formula is C25H29F3N4O3. The molecule has 0 radical (unpaired) electrons. The predicted octanol–water partition coefficient (Wildman–Crippen LogP) is 4.01. The van der Waals surface area contributed by atoms with Crippen molar-refractivity contribution in [2.75, 3.05) is 19.6 Å². The number of rotatable bonds is 9. The molecule has 1 aromatic carbocycles. The van der Waals surface area contributed by atoms with E-state index in [-0.39, 0.29) is 24.8 Å². The van der Waals surface area contributed by atoms with Crippen molar-refractivity contribution in [3.05, 3.63) is 47.8 Å². The van der Waals surface area contributed by atoms with Crippen molar-refractivity contribution < 1.29 is 27.6 Å². The lowest BCUT2D eigenvalue weighted by atomic mass is 9.90. The molecule has 2 amide bonds. The van der Waals surface area contributed by atoms with E-state index in [9.17, 15) is 27.6 Å². The Labute approximate surface area is 201 Å². The number of halogens is 3. The maximum absolute atomic E-state index is 13.5. The zero-order chi connectivity index (χ0) is 25.0. The van der Waals surface area contributed by atoms with Crippen LogP contribution in [0.4, 0.5) is 13.2 Å². The third kappa shape index (κ3) is 6.49. The average molecular weight is 491 g/mol. The zero-order valence-corrected chi connectivity index (χ0v) is 19.4. The van der Waals surface area contributed by atoms with Crippen LogP contribution >= 0.6 is 0 Å². The Morgan fingerprint density at radius 1 is 1.03 bits per heavy atom. The molecule has 2 aliphatic rings. The van der Waals surface area contributed by atoms with Crippen LogP contribution in [0.3, 0.4) is 0 Å². The number of alkyl halides is 3. The van der Waals surface area contributed by atoms with E-state index >= 15 is 0 Å². The van der Waals surface area contributed by atoms with Crippen LogP contribution in [0.2, 0.25) is 0 Å². The Morgan fingerprint density at radius 2 is 1.71 bits per heavy atom. The molecule has 2 fully saturated rings. The number of nitrogens with one attached hydrogen (secondary N) is 1. The molecule has 1 aliphatic carbocycles. The molecular weight excluding hydrogens is 461 g/mol. The number of hydrogen-bond donors (Lipinski definition) is 1. The SMILES string of the molecule is O=C(NCCCC(=O)N1CCC(CC(=O)C2CC2)CC1)c1cn(-c2ccccc2)nc1C(F)(F)F. The molecule has 188 valence electrons. The second-order valence-electron chi connectivity index (χ2n) is 9.30. The van der Waals surface area contributed by atoms with Gasteiger partial charge in [-0.25, -0.2) is 4.68 Å². The smallest absolute Gasteiger partial charge is 0.352 e. The van der Waals surface area contributed by atoms with Gasteiger partial charge >= 0.3 is 6.18 Å². The van der Waals surface area contributed by atoms with Crippen molar-refractivity contribution in [2.24, 2.45) is 11.8 Å². The quantitative estimate of drug-likeness (QED) is 0.539. The normalized spacial score (nSPS) is 16.8. The maximum atomic E-state index is 13.5. The number of carbonyl (C=O) groups is 3. The van der Waals surface area contributed by atoms with Crippen molar-refractivity contribution in [2.45, 2.75) is 51.1 Å². The van der Waals surface area contributed by atoms with Crippen molar-refractivity contribution in [1.29, 1.82) is 0 Å². The number of aromatic nitrogens is 2. The van der Waals surface area contributed by atoms with Gasteiger partial charge in [0.15, 0.2) is 5.69 Å². The lowest BCUT2D eigenvalue weighted by Gasteiger charge is -2.32. The molecule has 0 bridgehead atoms. The zero-order valence-electron chi connectivity index (χ0n) is 19.4. The minimum absolute atomic E-state index is 0.0425. The van der Waals surface area contributed by atoms with Crippen LogP contribution in [0.5, 0.6) is 0 Å². The third-order valence-corrected chi connectivity index (χ3v) is 6.59. The molecule has 1 saturated heterocycles. The summed E-state index contributed by atoms with van der Waals surface area (Å²) in [5, 5.41) is 6.06. The minimum Gasteiger partial charge on any atom is -0.352 e. The fourth-order valence-electron chi connectivity index (χ4n) is 4.40. The van der Waals surface area contributed by atoms with Crippen LogP contribution in [-0.4, -0.2) is 51.9 Å². The van der Waals surface area contributed by atoms with E-state index in [4.69, 9.17) is 0 Å². The summed E-state index contributed by atoms with van der Waals surface area (Å²) in [5.74, 6) is 0.0385. The molecule has 0 unspecified atom stereocenters. The molecule has 2 heterocycles. The molecule has 1 N–H and O–H groups in total. The van der Waals surface area contributed by atoms with Gasteiger partial charge in [-0.05, 0) is 50.2 Å². The van der Waals surface area contributed by atoms with E-state index in [1.165, 1.54) is 0 Å². The maximum Gasteiger partial charge on any atom is 0.435 e. The summed E-state index contributed by atoms with van der Waals surface area (Å²) < 4.78 is 41.4. The van der Waals surface area contributed by atoms with Crippen molar-refractivity contribution in [1.82, 2.24) is 20.0 Å². The molecule has 4 rings (SSSR count). The molecule has 0 atom stereocenters. The first-order valence-electron chi connectivity index (χ1n) is 12.0. The Bertz CT molecular complexity index is 1060. The average Bonchev–Trinajstić information content (AvgIpc) is 3.59. The van der Waals surface area contributed by atoms with Crippen LogP contribution in [0.15, 0.2) is 36.5 Å². The van der Waals surface area contributed by atoms with E-state index in [1.54, 1.807) is 35.2 Å². The monoisotopic (exact) mass is 490 g/mol. The largest absolute Gasteiger partial charge is 0.435 e. The molecule has 10 heteroatoms. The minimum atomic E-state index is -4.78. The number of piperidine rings is 1. The molecule has 7 nitrogen and oxygen atoms in total. The van der Waals surface area contributed by atoms with Crippen LogP contribution in [0, 0.1) is 11.8 Å². The summed E-state index contributed by atoms with van der Waals surface area (Å²) in [6, 6.07) is 8.24. The number of benzene rings is 1. The summed E-state index contributed by atoms with van der Waals surface area (Å²) >= 11 is 0. The summed E-state index contributed by atoms with van der Waals surface area (Å²) in [6.07, 6.45) is 1.06. The molecule has 0 spiro atoms. The molecule has 2 aromatic rings. The van der Waals surface area contributed by atoms with Gasteiger partial charge in [-0.15, -0.1) is 0 Å². The number of para-hydroxylation sites is 1. The van der Waals surface area contributed by atoms with E-state index < -0.39 is 23.3 Å². The molecule has 35 heavy (non-hydrogen) atoms. The van der Waals surface area contributed by atoms with E-state index in [0.29, 0.717) is 43.3 Å². The number of Topliss-reactive ketones (excluding diaryl/α,β-unsaturated/α-hetero) is 1. The van der Waals surface area contributed by atoms with Gasteiger partial charge in [-0.1, -0.05) is 18.2 Å². The lowest BCUT2D eigenvalue weighted by Crippen LogP contribution is -2.39. The van der Waals surface area contributed by atoms with Crippen LogP contribution in [-0.2, 0) is 15.8 Å². The molecule has 1 aliphatic heterocycles. The van der Waals surface area contributed by atoms with Gasteiger partial charge in [0.1, 0.15) is 5.78 Å². The lowest BCUT2D eigenvalue weighted by molar-refractivity contribution is -0.141.